The minimum atomic E-state index is -0.222. The van der Waals surface area contributed by atoms with E-state index in [9.17, 15) is 4.39 Å². The van der Waals surface area contributed by atoms with Gasteiger partial charge < -0.3 is 5.32 Å². The monoisotopic (exact) mass is 282 g/mol. The van der Waals surface area contributed by atoms with Crippen molar-refractivity contribution in [3.8, 4) is 0 Å². The number of hydrogen-bond acceptors (Lipinski definition) is 2. The average molecular weight is 283 g/mol. The molecule has 0 radical (unpaired) electrons. The summed E-state index contributed by atoms with van der Waals surface area (Å²) in [6.45, 7) is 2.91. The van der Waals surface area contributed by atoms with Crippen LogP contribution in [0.15, 0.2) is 28.9 Å². The predicted octanol–water partition coefficient (Wildman–Crippen LogP) is 3.96. The number of halogens is 2. The molecule has 1 aromatic heterocycles. The zero-order valence-electron chi connectivity index (χ0n) is 8.93. The molecular formula is C12H12BrFN2. The number of rotatable bonds is 3. The van der Waals surface area contributed by atoms with Gasteiger partial charge in [-0.25, -0.2) is 9.37 Å². The lowest BCUT2D eigenvalue weighted by molar-refractivity contribution is 0.639. The fourth-order valence-corrected chi connectivity index (χ4v) is 2.13. The van der Waals surface area contributed by atoms with Gasteiger partial charge in [-0.3, -0.25) is 0 Å². The molecule has 84 valence electrons. The lowest BCUT2D eigenvalue weighted by Crippen LogP contribution is -2.02. The van der Waals surface area contributed by atoms with Crippen LogP contribution in [0, 0.1) is 5.82 Å². The number of nitrogens with zero attached hydrogens (tertiary/aromatic N) is 1. The molecule has 0 aliphatic carbocycles. The normalized spacial score (nSPS) is 10.7. The number of aromatic nitrogens is 1. The van der Waals surface area contributed by atoms with Crippen LogP contribution in [0.4, 0.5) is 10.2 Å². The van der Waals surface area contributed by atoms with Crippen molar-refractivity contribution in [1.82, 2.24) is 4.98 Å². The molecule has 0 amide bonds. The molecule has 0 saturated heterocycles. The van der Waals surface area contributed by atoms with Gasteiger partial charge in [0.25, 0.3) is 0 Å². The van der Waals surface area contributed by atoms with Gasteiger partial charge >= 0.3 is 0 Å². The largest absolute Gasteiger partial charge is 0.370 e. The summed E-state index contributed by atoms with van der Waals surface area (Å²) < 4.78 is 14.4. The number of fused-ring (bicyclic) bond motifs is 1. The van der Waals surface area contributed by atoms with E-state index >= 15 is 0 Å². The summed E-state index contributed by atoms with van der Waals surface area (Å²) in [7, 11) is 0. The Morgan fingerprint density at radius 3 is 2.94 bits per heavy atom. The highest BCUT2D eigenvalue weighted by molar-refractivity contribution is 9.10. The first-order valence-electron chi connectivity index (χ1n) is 5.20. The quantitative estimate of drug-likeness (QED) is 0.922. The number of nitrogens with one attached hydrogen (secondary N) is 1. The van der Waals surface area contributed by atoms with Crippen LogP contribution < -0.4 is 5.32 Å². The van der Waals surface area contributed by atoms with Gasteiger partial charge in [-0.15, -0.1) is 0 Å². The first kappa shape index (κ1) is 11.3. The maximum atomic E-state index is 13.6. The Kier molecular flexibility index (Phi) is 3.39. The zero-order chi connectivity index (χ0) is 11.5. The van der Waals surface area contributed by atoms with Crippen molar-refractivity contribution in [2.24, 2.45) is 0 Å². The van der Waals surface area contributed by atoms with E-state index in [1.165, 1.54) is 6.07 Å². The molecule has 16 heavy (non-hydrogen) atoms. The number of hydrogen-bond donors (Lipinski definition) is 1. The lowest BCUT2D eigenvalue weighted by Gasteiger charge is -2.09. The Morgan fingerprint density at radius 1 is 1.38 bits per heavy atom. The van der Waals surface area contributed by atoms with E-state index in [2.05, 4.69) is 33.2 Å². The van der Waals surface area contributed by atoms with Gasteiger partial charge in [0.05, 0.1) is 0 Å². The Bertz CT molecular complexity index is 514. The molecule has 0 saturated carbocycles. The van der Waals surface area contributed by atoms with Crippen molar-refractivity contribution in [3.05, 3.63) is 34.7 Å². The van der Waals surface area contributed by atoms with E-state index < -0.39 is 0 Å². The molecule has 1 aromatic carbocycles. The average Bonchev–Trinajstić information content (AvgIpc) is 2.31. The van der Waals surface area contributed by atoms with Crippen molar-refractivity contribution in [3.63, 3.8) is 0 Å². The Hall–Kier alpha value is -1.16. The maximum Gasteiger partial charge on any atom is 0.135 e. The van der Waals surface area contributed by atoms with Gasteiger partial charge in [-0.05, 0) is 24.6 Å². The molecule has 0 aliphatic rings. The van der Waals surface area contributed by atoms with E-state index in [0.717, 1.165) is 28.6 Å². The van der Waals surface area contributed by atoms with E-state index in [1.807, 2.05) is 0 Å². The summed E-state index contributed by atoms with van der Waals surface area (Å²) in [6, 6.07) is 4.85. The van der Waals surface area contributed by atoms with Gasteiger partial charge in [0.1, 0.15) is 11.6 Å². The SMILES string of the molecule is CCCNc1nccc2c(F)ccc(Br)c12. The van der Waals surface area contributed by atoms with Gasteiger partial charge in [0.2, 0.25) is 0 Å². The summed E-state index contributed by atoms with van der Waals surface area (Å²) in [5.41, 5.74) is 0. The fourth-order valence-electron chi connectivity index (χ4n) is 1.60. The van der Waals surface area contributed by atoms with Gasteiger partial charge in [0, 0.05) is 28.0 Å². The maximum absolute atomic E-state index is 13.6. The third-order valence-electron chi connectivity index (χ3n) is 2.37. The molecule has 2 aromatic rings. The van der Waals surface area contributed by atoms with Crippen LogP contribution in [0.5, 0.6) is 0 Å². The Labute approximate surface area is 102 Å². The molecule has 0 fully saturated rings. The van der Waals surface area contributed by atoms with Crippen LogP contribution >= 0.6 is 15.9 Å². The molecule has 0 spiro atoms. The van der Waals surface area contributed by atoms with Crippen molar-refractivity contribution in [2.75, 3.05) is 11.9 Å². The second kappa shape index (κ2) is 4.78. The highest BCUT2D eigenvalue weighted by atomic mass is 79.9. The van der Waals surface area contributed by atoms with E-state index in [4.69, 9.17) is 0 Å². The Morgan fingerprint density at radius 2 is 2.19 bits per heavy atom. The molecule has 0 bridgehead atoms. The first-order chi connectivity index (χ1) is 7.74. The third-order valence-corrected chi connectivity index (χ3v) is 3.03. The summed E-state index contributed by atoms with van der Waals surface area (Å²) in [4.78, 5) is 4.24. The van der Waals surface area contributed by atoms with Gasteiger partial charge in [-0.1, -0.05) is 22.9 Å². The molecule has 2 rings (SSSR count). The van der Waals surface area contributed by atoms with E-state index in [1.54, 1.807) is 18.3 Å². The molecule has 0 unspecified atom stereocenters. The molecule has 0 atom stereocenters. The molecule has 2 nitrogen and oxygen atoms in total. The molecular weight excluding hydrogens is 271 g/mol. The van der Waals surface area contributed by atoms with Crippen LogP contribution in [0.25, 0.3) is 10.8 Å². The van der Waals surface area contributed by atoms with Crippen molar-refractivity contribution in [2.45, 2.75) is 13.3 Å². The second-order valence-electron chi connectivity index (χ2n) is 3.54. The van der Waals surface area contributed by atoms with Gasteiger partial charge in [-0.2, -0.15) is 0 Å². The summed E-state index contributed by atoms with van der Waals surface area (Å²) in [5, 5.41) is 4.59. The summed E-state index contributed by atoms with van der Waals surface area (Å²) >= 11 is 3.43. The standard InChI is InChI=1S/C12H12BrFN2/c1-2-6-15-12-11-8(5-7-16-12)10(14)4-3-9(11)13/h3-5,7H,2,6H2,1H3,(H,15,16). The molecule has 1 N–H and O–H groups in total. The van der Waals surface area contributed by atoms with Crippen molar-refractivity contribution < 1.29 is 4.39 Å². The van der Waals surface area contributed by atoms with E-state index in [-0.39, 0.29) is 5.82 Å². The fraction of sp³-hybridized carbons (Fsp3) is 0.250. The summed E-state index contributed by atoms with van der Waals surface area (Å²) in [6.07, 6.45) is 2.63. The third kappa shape index (κ3) is 2.02. The number of anilines is 1. The Balaban J connectivity index is 2.61. The van der Waals surface area contributed by atoms with Crippen LogP contribution in [0.3, 0.4) is 0 Å². The molecule has 0 aliphatic heterocycles. The highest BCUT2D eigenvalue weighted by Crippen LogP contribution is 2.30. The first-order valence-corrected chi connectivity index (χ1v) is 6.00. The highest BCUT2D eigenvalue weighted by Gasteiger charge is 2.09. The predicted molar refractivity (Wildman–Crippen MR) is 68.2 cm³/mol. The summed E-state index contributed by atoms with van der Waals surface area (Å²) in [5.74, 6) is 0.505. The van der Waals surface area contributed by atoms with Crippen molar-refractivity contribution in [1.29, 1.82) is 0 Å². The van der Waals surface area contributed by atoms with Crippen LogP contribution in [-0.4, -0.2) is 11.5 Å². The topological polar surface area (TPSA) is 24.9 Å². The second-order valence-corrected chi connectivity index (χ2v) is 4.39. The number of pyridine rings is 1. The lowest BCUT2D eigenvalue weighted by atomic mass is 10.1. The minimum absolute atomic E-state index is 0.222. The van der Waals surface area contributed by atoms with Crippen LogP contribution in [-0.2, 0) is 0 Å². The number of benzene rings is 1. The minimum Gasteiger partial charge on any atom is -0.370 e. The molecule has 1 heterocycles. The smallest absolute Gasteiger partial charge is 0.135 e. The molecule has 4 heteroatoms. The van der Waals surface area contributed by atoms with Crippen LogP contribution in [0.1, 0.15) is 13.3 Å². The van der Waals surface area contributed by atoms with E-state index in [0.29, 0.717) is 5.39 Å². The van der Waals surface area contributed by atoms with Crippen molar-refractivity contribution >= 4 is 32.5 Å². The zero-order valence-corrected chi connectivity index (χ0v) is 10.5. The van der Waals surface area contributed by atoms with Crippen LogP contribution in [0.2, 0.25) is 0 Å². The van der Waals surface area contributed by atoms with Gasteiger partial charge in [0.15, 0.2) is 0 Å².